The molecule has 0 atom stereocenters. The van der Waals surface area contributed by atoms with Gasteiger partial charge in [-0.05, 0) is 71.0 Å². The zero-order valence-corrected chi connectivity index (χ0v) is 28.5. The highest BCUT2D eigenvalue weighted by Gasteiger charge is 2.35. The van der Waals surface area contributed by atoms with Crippen LogP contribution in [0.4, 0.5) is 28.8 Å². The number of aryl methyl sites for hydroxylation is 1. The van der Waals surface area contributed by atoms with Crippen LogP contribution >= 0.6 is 18.7 Å². The molecule has 2 aromatic carbocycles. The number of hydrogen-bond acceptors (Lipinski definition) is 11. The molecule has 4 heterocycles. The van der Waals surface area contributed by atoms with Crippen LogP contribution in [0.2, 0.25) is 5.02 Å². The van der Waals surface area contributed by atoms with Crippen molar-refractivity contribution in [2.75, 3.05) is 89.5 Å². The van der Waals surface area contributed by atoms with Crippen molar-refractivity contribution in [3.05, 3.63) is 41.0 Å². The highest BCUT2D eigenvalue weighted by molar-refractivity contribution is 7.70. The normalized spacial score (nSPS) is 17.7. The van der Waals surface area contributed by atoms with Gasteiger partial charge in [0.05, 0.1) is 30.0 Å². The number of methoxy groups -OCH3 is 1. The Morgan fingerprint density at radius 3 is 2.49 bits per heavy atom. The predicted octanol–water partition coefficient (Wildman–Crippen LogP) is 5.17. The molecule has 0 spiro atoms. The number of halogens is 1. The summed E-state index contributed by atoms with van der Waals surface area (Å²) in [5.74, 6) is 2.48. The molecule has 45 heavy (non-hydrogen) atoms. The maximum Gasteiger partial charge on any atom is 0.229 e. The molecule has 0 aliphatic carbocycles. The van der Waals surface area contributed by atoms with Crippen LogP contribution in [0.25, 0.3) is 0 Å². The van der Waals surface area contributed by atoms with Gasteiger partial charge in [0, 0.05) is 50.0 Å². The third-order valence-corrected chi connectivity index (χ3v) is 10.7. The van der Waals surface area contributed by atoms with Crippen molar-refractivity contribution in [3.8, 4) is 17.2 Å². The van der Waals surface area contributed by atoms with E-state index in [4.69, 9.17) is 25.8 Å². The van der Waals surface area contributed by atoms with Gasteiger partial charge in [0.2, 0.25) is 5.95 Å². The third-order valence-electron chi connectivity index (χ3n) is 8.93. The lowest BCUT2D eigenvalue weighted by molar-refractivity contribution is 0.0188. The van der Waals surface area contributed by atoms with Gasteiger partial charge in [-0.15, -0.1) is 0 Å². The molecule has 3 aromatic rings. The van der Waals surface area contributed by atoms with E-state index in [-0.39, 0.29) is 0 Å². The number of rotatable bonds is 9. The van der Waals surface area contributed by atoms with Gasteiger partial charge < -0.3 is 39.2 Å². The summed E-state index contributed by atoms with van der Waals surface area (Å²) in [6.07, 6.45) is 3.85. The standard InChI is InChI=1S/C32H43ClN7O4P/c1-20-15-25(28(42-4)16-26(20)39-11-9-21(10-12-39)40-18-22(19-40)38(2)3)36-32-34-17-23(33)31(37-32)35-24-7-8-27-29(44-14-13-43-27)30(24)45(5,6)41/h7-8,15-17,21-22H,9-14,18-19H2,1-6H3,(H2,34,35,36,37). The minimum Gasteiger partial charge on any atom is -0.494 e. The van der Waals surface area contributed by atoms with E-state index in [0.29, 0.717) is 70.3 Å². The monoisotopic (exact) mass is 655 g/mol. The van der Waals surface area contributed by atoms with E-state index in [0.717, 1.165) is 37.2 Å². The quantitative estimate of drug-likeness (QED) is 0.299. The number of piperidine rings is 1. The molecule has 0 radical (unpaired) electrons. The number of likely N-dealkylation sites (tertiary alicyclic amines) is 1. The number of benzene rings is 2. The SMILES string of the molecule is COc1cc(N2CCC(N3CC(N(C)C)C3)CC2)c(C)cc1Nc1ncc(Cl)c(Nc2ccc3c(c2P(C)(C)=O)OCCO3)n1. The van der Waals surface area contributed by atoms with Crippen molar-refractivity contribution in [3.63, 3.8) is 0 Å². The Labute approximate surface area is 270 Å². The lowest BCUT2D eigenvalue weighted by Crippen LogP contribution is -2.62. The fourth-order valence-corrected chi connectivity index (χ4v) is 7.88. The minimum absolute atomic E-state index is 0.320. The fourth-order valence-electron chi connectivity index (χ4n) is 6.37. The smallest absolute Gasteiger partial charge is 0.229 e. The van der Waals surface area contributed by atoms with E-state index in [1.807, 2.05) is 6.07 Å². The van der Waals surface area contributed by atoms with Crippen LogP contribution in [0, 0.1) is 6.92 Å². The number of nitrogens with one attached hydrogen (secondary N) is 2. The summed E-state index contributed by atoms with van der Waals surface area (Å²) in [6.45, 7) is 10.7. The topological polar surface area (TPSA) is 104 Å². The van der Waals surface area contributed by atoms with Gasteiger partial charge in [-0.25, -0.2) is 4.98 Å². The molecule has 13 heteroatoms. The van der Waals surface area contributed by atoms with Gasteiger partial charge in [0.15, 0.2) is 17.3 Å². The molecule has 0 unspecified atom stereocenters. The molecule has 3 aliphatic heterocycles. The zero-order chi connectivity index (χ0) is 31.9. The molecule has 0 amide bonds. The lowest BCUT2D eigenvalue weighted by atomic mass is 9.96. The molecule has 6 rings (SSSR count). The Bertz CT molecular complexity index is 1600. The zero-order valence-electron chi connectivity index (χ0n) is 26.9. The second-order valence-corrected chi connectivity index (χ2v) is 16.2. The first-order valence-corrected chi connectivity index (χ1v) is 18.4. The first-order valence-electron chi connectivity index (χ1n) is 15.4. The van der Waals surface area contributed by atoms with Gasteiger partial charge in [-0.1, -0.05) is 11.6 Å². The van der Waals surface area contributed by atoms with Crippen molar-refractivity contribution < 1.29 is 18.8 Å². The van der Waals surface area contributed by atoms with Crippen molar-refractivity contribution in [1.29, 1.82) is 0 Å². The van der Waals surface area contributed by atoms with E-state index in [2.05, 4.69) is 68.5 Å². The van der Waals surface area contributed by atoms with E-state index in [9.17, 15) is 4.57 Å². The molecule has 0 saturated carbocycles. The fraction of sp³-hybridized carbons (Fsp3) is 0.500. The average Bonchev–Trinajstić information content (AvgIpc) is 2.98. The molecule has 11 nitrogen and oxygen atoms in total. The predicted molar refractivity (Wildman–Crippen MR) is 182 cm³/mol. The minimum atomic E-state index is -2.78. The second kappa shape index (κ2) is 12.9. The summed E-state index contributed by atoms with van der Waals surface area (Å²) in [5.41, 5.74) is 3.67. The van der Waals surface area contributed by atoms with Gasteiger partial charge in [0.25, 0.3) is 0 Å². The molecular weight excluding hydrogens is 613 g/mol. The highest BCUT2D eigenvalue weighted by Crippen LogP contribution is 2.47. The van der Waals surface area contributed by atoms with Crippen LogP contribution in [-0.2, 0) is 4.57 Å². The molecular formula is C32H43ClN7O4P. The number of likely N-dealkylation sites (N-methyl/N-ethyl adjacent to an activating group) is 1. The van der Waals surface area contributed by atoms with Gasteiger partial charge >= 0.3 is 0 Å². The largest absolute Gasteiger partial charge is 0.494 e. The first kappa shape index (κ1) is 31.7. The van der Waals surface area contributed by atoms with Crippen LogP contribution in [0.15, 0.2) is 30.5 Å². The van der Waals surface area contributed by atoms with Gasteiger partial charge in [-0.3, -0.25) is 4.90 Å². The Morgan fingerprint density at radius 2 is 1.80 bits per heavy atom. The van der Waals surface area contributed by atoms with Crippen molar-refractivity contribution in [2.45, 2.75) is 31.8 Å². The molecule has 2 N–H and O–H groups in total. The van der Waals surface area contributed by atoms with Gasteiger partial charge in [0.1, 0.15) is 31.1 Å². The number of aromatic nitrogens is 2. The third kappa shape index (κ3) is 6.68. The molecule has 2 fully saturated rings. The first-order chi connectivity index (χ1) is 21.5. The number of nitrogens with zero attached hydrogens (tertiary/aromatic N) is 5. The van der Waals surface area contributed by atoms with Crippen LogP contribution in [0.3, 0.4) is 0 Å². The summed E-state index contributed by atoms with van der Waals surface area (Å²) in [5, 5.41) is 7.47. The van der Waals surface area contributed by atoms with Crippen molar-refractivity contribution >= 4 is 52.9 Å². The molecule has 0 bridgehead atoms. The van der Waals surface area contributed by atoms with E-state index < -0.39 is 7.14 Å². The summed E-state index contributed by atoms with van der Waals surface area (Å²) >= 11 is 6.54. The second-order valence-electron chi connectivity index (χ2n) is 12.6. The maximum absolute atomic E-state index is 13.4. The number of ether oxygens (including phenoxy) is 3. The van der Waals surface area contributed by atoms with Crippen molar-refractivity contribution in [2.24, 2.45) is 0 Å². The number of fused-ring (bicyclic) bond motifs is 1. The number of anilines is 5. The van der Waals surface area contributed by atoms with E-state index in [1.54, 1.807) is 26.5 Å². The van der Waals surface area contributed by atoms with Crippen LogP contribution in [0.1, 0.15) is 18.4 Å². The van der Waals surface area contributed by atoms with Gasteiger partial charge in [-0.2, -0.15) is 4.98 Å². The van der Waals surface area contributed by atoms with Crippen LogP contribution in [0.5, 0.6) is 17.2 Å². The Balaban J connectivity index is 1.18. The molecule has 1 aromatic heterocycles. The summed E-state index contributed by atoms with van der Waals surface area (Å²) in [6, 6.07) is 9.12. The Kier molecular flexibility index (Phi) is 9.07. The molecule has 242 valence electrons. The summed E-state index contributed by atoms with van der Waals surface area (Å²) in [7, 11) is 3.23. The van der Waals surface area contributed by atoms with E-state index in [1.165, 1.54) is 25.0 Å². The highest BCUT2D eigenvalue weighted by atomic mass is 35.5. The Hall–Kier alpha value is -3.24. The van der Waals surface area contributed by atoms with Crippen LogP contribution < -0.4 is 35.0 Å². The summed E-state index contributed by atoms with van der Waals surface area (Å²) in [4.78, 5) is 16.5. The Morgan fingerprint density at radius 1 is 1.07 bits per heavy atom. The lowest BCUT2D eigenvalue weighted by Gasteiger charge is -2.49. The van der Waals surface area contributed by atoms with E-state index >= 15 is 0 Å². The average molecular weight is 656 g/mol. The van der Waals surface area contributed by atoms with Crippen molar-refractivity contribution in [1.82, 2.24) is 19.8 Å². The summed E-state index contributed by atoms with van der Waals surface area (Å²) < 4.78 is 30.8. The maximum atomic E-state index is 13.4. The molecule has 3 aliphatic rings. The van der Waals surface area contributed by atoms with Crippen LogP contribution in [-0.4, -0.2) is 106 Å². The number of hydrogen-bond donors (Lipinski definition) is 2. The molecule has 2 saturated heterocycles.